The molecule has 3 unspecified atom stereocenters. The lowest BCUT2D eigenvalue weighted by atomic mass is 9.90. The number of amides is 1. The number of halogens is 3. The highest BCUT2D eigenvalue weighted by molar-refractivity contribution is 6.04. The Kier molecular flexibility index (Phi) is 8.39. The molecular formula is C32H34F3N3O5. The molecule has 8 nitrogen and oxygen atoms in total. The first-order valence-corrected chi connectivity index (χ1v) is 14.6. The molecule has 0 spiro atoms. The van der Waals surface area contributed by atoms with Gasteiger partial charge in [0.15, 0.2) is 6.29 Å². The van der Waals surface area contributed by atoms with E-state index in [0.29, 0.717) is 50.5 Å². The third kappa shape index (κ3) is 6.68. The van der Waals surface area contributed by atoms with Crippen LogP contribution in [0, 0.1) is 12.8 Å². The number of anilines is 1. The number of rotatable bonds is 9. The lowest BCUT2D eigenvalue weighted by Crippen LogP contribution is -2.25. The van der Waals surface area contributed by atoms with Crippen molar-refractivity contribution in [1.29, 1.82) is 0 Å². The molecule has 1 N–H and O–H groups in total. The number of fused-ring (bicyclic) bond motifs is 1. The Morgan fingerprint density at radius 1 is 1.12 bits per heavy atom. The smallest absolute Gasteiger partial charge is 0.433 e. The minimum absolute atomic E-state index is 0.0456. The minimum atomic E-state index is -4.65. The maximum Gasteiger partial charge on any atom is 0.433 e. The average molecular weight is 598 g/mol. The van der Waals surface area contributed by atoms with Crippen LogP contribution in [0.4, 0.5) is 18.9 Å². The first-order chi connectivity index (χ1) is 20.7. The summed E-state index contributed by atoms with van der Waals surface area (Å²) >= 11 is 0. The zero-order valence-corrected chi connectivity index (χ0v) is 23.9. The van der Waals surface area contributed by atoms with Crippen LogP contribution in [0.25, 0.3) is 11.1 Å². The molecule has 1 aromatic carbocycles. The molecule has 228 valence electrons. The summed E-state index contributed by atoms with van der Waals surface area (Å²) < 4.78 is 62.6. The largest absolute Gasteiger partial charge is 0.475 e. The number of alkyl halides is 3. The third-order valence-electron chi connectivity index (χ3n) is 8.45. The van der Waals surface area contributed by atoms with Crippen LogP contribution in [0.15, 0.2) is 48.7 Å². The van der Waals surface area contributed by atoms with E-state index in [1.54, 1.807) is 6.07 Å². The fraction of sp³-hybridized carbons (Fsp3) is 0.469. The number of pyridine rings is 2. The lowest BCUT2D eigenvalue weighted by Gasteiger charge is -2.24. The molecule has 1 amide bonds. The van der Waals surface area contributed by atoms with Gasteiger partial charge in [0.05, 0.1) is 18.9 Å². The van der Waals surface area contributed by atoms with Gasteiger partial charge in [0.2, 0.25) is 5.88 Å². The number of ether oxygens (including phenoxy) is 4. The average Bonchev–Trinajstić information content (AvgIpc) is 3.77. The highest BCUT2D eigenvalue weighted by atomic mass is 19.4. The number of hydrogen-bond donors (Lipinski definition) is 1. The zero-order valence-electron chi connectivity index (χ0n) is 23.9. The maximum atomic E-state index is 13.1. The number of carbonyl (C=O) groups excluding carboxylic acids is 1. The molecule has 2 aliphatic heterocycles. The van der Waals surface area contributed by atoms with E-state index < -0.39 is 17.8 Å². The summed E-state index contributed by atoms with van der Waals surface area (Å²) in [6, 6.07) is 11.4. The van der Waals surface area contributed by atoms with Crippen molar-refractivity contribution >= 4 is 11.6 Å². The Labute approximate surface area is 247 Å². The van der Waals surface area contributed by atoms with E-state index in [-0.39, 0.29) is 17.3 Å². The summed E-state index contributed by atoms with van der Waals surface area (Å²) in [4.78, 5) is 21.1. The van der Waals surface area contributed by atoms with Gasteiger partial charge in [0.1, 0.15) is 12.3 Å². The van der Waals surface area contributed by atoms with Gasteiger partial charge in [-0.05, 0) is 92.0 Å². The van der Waals surface area contributed by atoms with Crippen molar-refractivity contribution in [1.82, 2.24) is 9.97 Å². The molecule has 3 atom stereocenters. The molecule has 3 fully saturated rings. The Hall–Kier alpha value is -3.54. The monoisotopic (exact) mass is 597 g/mol. The number of aromatic nitrogens is 2. The Morgan fingerprint density at radius 2 is 2.00 bits per heavy atom. The van der Waals surface area contributed by atoms with Crippen LogP contribution < -0.4 is 10.1 Å². The Morgan fingerprint density at radius 3 is 2.79 bits per heavy atom. The van der Waals surface area contributed by atoms with Crippen molar-refractivity contribution in [2.45, 2.75) is 56.9 Å². The number of benzene rings is 1. The van der Waals surface area contributed by atoms with Gasteiger partial charge in [-0.25, -0.2) is 4.98 Å². The quantitative estimate of drug-likeness (QED) is 0.289. The van der Waals surface area contributed by atoms with Crippen LogP contribution in [0.1, 0.15) is 59.4 Å². The normalized spacial score (nSPS) is 23.3. The number of nitrogens with zero attached hydrogens (tertiary/aromatic N) is 2. The summed E-state index contributed by atoms with van der Waals surface area (Å²) in [5, 5.41) is 2.73. The second kappa shape index (κ2) is 12.2. The molecule has 2 aromatic heterocycles. The maximum absolute atomic E-state index is 13.1. The summed E-state index contributed by atoms with van der Waals surface area (Å²) in [7, 11) is 0. The Bertz CT molecular complexity index is 1480. The summed E-state index contributed by atoms with van der Waals surface area (Å²) in [5.74, 6) is 0.237. The zero-order chi connectivity index (χ0) is 30.0. The number of nitrogens with one attached hydrogen (secondary N) is 1. The second-order valence-corrected chi connectivity index (χ2v) is 11.4. The number of hydrogen-bond acceptors (Lipinski definition) is 7. The fourth-order valence-electron chi connectivity index (χ4n) is 5.93. The molecule has 11 heteroatoms. The predicted octanol–water partition coefficient (Wildman–Crippen LogP) is 6.32. The fourth-order valence-corrected chi connectivity index (χ4v) is 5.93. The van der Waals surface area contributed by atoms with Gasteiger partial charge in [-0.2, -0.15) is 13.2 Å². The van der Waals surface area contributed by atoms with E-state index in [1.165, 1.54) is 6.07 Å². The summed E-state index contributed by atoms with van der Waals surface area (Å²) in [6.07, 6.45) is 1.04. The SMILES string of the molecule is Cc1ccc(NC(=O)c2ccnc(C(F)(F)F)c2)cc1-c1cc(OCCOC2CCCCO2)nc(C23CCOCC2C3)c1. The van der Waals surface area contributed by atoms with Crippen LogP contribution in [-0.4, -0.2) is 55.2 Å². The van der Waals surface area contributed by atoms with Gasteiger partial charge in [-0.15, -0.1) is 0 Å². The van der Waals surface area contributed by atoms with Crippen molar-refractivity contribution in [2.75, 3.05) is 38.4 Å². The van der Waals surface area contributed by atoms with Crippen molar-refractivity contribution in [3.05, 3.63) is 71.2 Å². The highest BCUT2D eigenvalue weighted by Gasteiger charge is 2.58. The van der Waals surface area contributed by atoms with Crippen molar-refractivity contribution in [3.8, 4) is 17.0 Å². The number of carbonyl (C=O) groups is 1. The van der Waals surface area contributed by atoms with Crippen LogP contribution in [-0.2, 0) is 25.8 Å². The van der Waals surface area contributed by atoms with E-state index >= 15 is 0 Å². The summed E-state index contributed by atoms with van der Waals surface area (Å²) in [6.45, 7) is 4.75. The molecule has 2 saturated heterocycles. The van der Waals surface area contributed by atoms with Gasteiger partial charge in [-0.3, -0.25) is 9.78 Å². The molecule has 1 aliphatic carbocycles. The molecule has 6 rings (SSSR count). The minimum Gasteiger partial charge on any atom is -0.475 e. The summed E-state index contributed by atoms with van der Waals surface area (Å²) in [5.41, 5.74) is 2.79. The second-order valence-electron chi connectivity index (χ2n) is 11.4. The molecule has 1 saturated carbocycles. The van der Waals surface area contributed by atoms with Crippen LogP contribution in [0.5, 0.6) is 5.88 Å². The number of aryl methyl sites for hydroxylation is 1. The molecule has 43 heavy (non-hydrogen) atoms. The first kappa shape index (κ1) is 29.5. The molecule has 0 bridgehead atoms. The standard InChI is InChI=1S/C32H34F3N3O5/c1-20-5-6-24(37-30(39)21-7-9-36-27(14-21)32(33,34)35)17-25(20)22-15-26(31-8-11-40-19-23(31)18-31)38-28(16-22)41-12-13-43-29-4-2-3-10-42-29/h5-7,9,14-17,23,29H,2-4,8,10-13,18-19H2,1H3,(H,37,39). The van der Waals surface area contributed by atoms with Crippen LogP contribution in [0.2, 0.25) is 0 Å². The molecule has 0 radical (unpaired) electrons. The first-order valence-electron chi connectivity index (χ1n) is 14.6. The van der Waals surface area contributed by atoms with E-state index in [1.807, 2.05) is 25.1 Å². The lowest BCUT2D eigenvalue weighted by molar-refractivity contribution is -0.165. The third-order valence-corrected chi connectivity index (χ3v) is 8.45. The van der Waals surface area contributed by atoms with Crippen molar-refractivity contribution in [3.63, 3.8) is 0 Å². The van der Waals surface area contributed by atoms with E-state index in [2.05, 4.69) is 16.4 Å². The molecule has 4 heterocycles. The van der Waals surface area contributed by atoms with Crippen LogP contribution >= 0.6 is 0 Å². The van der Waals surface area contributed by atoms with Crippen LogP contribution in [0.3, 0.4) is 0 Å². The van der Waals surface area contributed by atoms with Crippen molar-refractivity contribution < 1.29 is 36.9 Å². The van der Waals surface area contributed by atoms with E-state index in [0.717, 1.165) is 66.8 Å². The van der Waals surface area contributed by atoms with Crippen molar-refractivity contribution in [2.24, 2.45) is 5.92 Å². The van der Waals surface area contributed by atoms with Gasteiger partial charge >= 0.3 is 6.18 Å². The van der Waals surface area contributed by atoms with Gasteiger partial charge in [0, 0.05) is 42.1 Å². The van der Waals surface area contributed by atoms with Gasteiger partial charge in [-0.1, -0.05) is 6.07 Å². The molecule has 3 aromatic rings. The highest BCUT2D eigenvalue weighted by Crippen LogP contribution is 2.58. The van der Waals surface area contributed by atoms with E-state index in [9.17, 15) is 18.0 Å². The van der Waals surface area contributed by atoms with Gasteiger partial charge < -0.3 is 24.3 Å². The topological polar surface area (TPSA) is 91.8 Å². The molecular weight excluding hydrogens is 563 g/mol. The molecule has 3 aliphatic rings. The predicted molar refractivity (Wildman–Crippen MR) is 152 cm³/mol. The van der Waals surface area contributed by atoms with E-state index in [4.69, 9.17) is 23.9 Å². The Balaban J connectivity index is 1.24. The van der Waals surface area contributed by atoms with Gasteiger partial charge in [0.25, 0.3) is 5.91 Å².